The Morgan fingerprint density at radius 1 is 1.29 bits per heavy atom. The number of para-hydroxylation sites is 1. The molecule has 2 rings (SSSR count). The van der Waals surface area contributed by atoms with Crippen LogP contribution in [-0.2, 0) is 4.79 Å². The summed E-state index contributed by atoms with van der Waals surface area (Å²) >= 11 is 0. The van der Waals surface area contributed by atoms with Crippen LogP contribution >= 0.6 is 0 Å². The van der Waals surface area contributed by atoms with Crippen molar-refractivity contribution in [2.24, 2.45) is 5.41 Å². The van der Waals surface area contributed by atoms with Gasteiger partial charge in [0.1, 0.15) is 0 Å². The van der Waals surface area contributed by atoms with Gasteiger partial charge in [-0.15, -0.1) is 0 Å². The summed E-state index contributed by atoms with van der Waals surface area (Å²) in [5.41, 5.74) is 1.93. The summed E-state index contributed by atoms with van der Waals surface area (Å²) in [6, 6.07) is 8.38. The molecule has 1 aromatic carbocycles. The molecule has 2 N–H and O–H groups in total. The van der Waals surface area contributed by atoms with Crippen LogP contribution < -0.4 is 10.6 Å². The van der Waals surface area contributed by atoms with Crippen LogP contribution in [0.5, 0.6) is 0 Å². The van der Waals surface area contributed by atoms with Gasteiger partial charge >= 0.3 is 0 Å². The molecule has 0 saturated heterocycles. The molecule has 1 aliphatic rings. The van der Waals surface area contributed by atoms with Gasteiger partial charge in [0.2, 0.25) is 5.91 Å². The average Bonchev–Trinajstić information content (AvgIpc) is 2.93. The van der Waals surface area contributed by atoms with Crippen molar-refractivity contribution in [3.63, 3.8) is 0 Å². The quantitative estimate of drug-likeness (QED) is 0.821. The van der Waals surface area contributed by atoms with Gasteiger partial charge in [-0.25, -0.2) is 0 Å². The lowest BCUT2D eigenvalue weighted by Crippen LogP contribution is -2.31. The molecule has 1 unspecified atom stereocenters. The third-order valence-electron chi connectivity index (χ3n) is 4.63. The van der Waals surface area contributed by atoms with Crippen LogP contribution in [0.25, 0.3) is 0 Å². The molecule has 1 fully saturated rings. The van der Waals surface area contributed by atoms with Gasteiger partial charge in [-0.05, 0) is 44.4 Å². The molecule has 116 valence electrons. The normalized spacial score (nSPS) is 18.4. The van der Waals surface area contributed by atoms with Gasteiger partial charge in [0.15, 0.2) is 0 Å². The molecule has 1 aromatic rings. The molecule has 0 heterocycles. The standard InChI is InChI=1S/C18H28N2O/c1-4-13-19-14(2)15-9-5-6-10-16(15)20-17(21)18(3)11-7-8-12-18/h5-6,9-10,14,19H,4,7-8,11-13H2,1-3H3,(H,20,21). The maximum absolute atomic E-state index is 12.6. The van der Waals surface area contributed by atoms with Crippen LogP contribution in [0.3, 0.4) is 0 Å². The van der Waals surface area contributed by atoms with E-state index in [1.54, 1.807) is 0 Å². The van der Waals surface area contributed by atoms with Crippen molar-refractivity contribution in [2.75, 3.05) is 11.9 Å². The van der Waals surface area contributed by atoms with E-state index in [2.05, 4.69) is 37.5 Å². The Morgan fingerprint density at radius 3 is 2.62 bits per heavy atom. The number of carbonyl (C=O) groups excluding carboxylic acids is 1. The number of carbonyl (C=O) groups is 1. The molecule has 1 aliphatic carbocycles. The van der Waals surface area contributed by atoms with E-state index >= 15 is 0 Å². The van der Waals surface area contributed by atoms with Gasteiger partial charge in [-0.2, -0.15) is 0 Å². The van der Waals surface area contributed by atoms with Gasteiger partial charge in [0.25, 0.3) is 0 Å². The second-order valence-electron chi connectivity index (χ2n) is 6.48. The maximum Gasteiger partial charge on any atom is 0.230 e. The topological polar surface area (TPSA) is 41.1 Å². The van der Waals surface area contributed by atoms with E-state index in [-0.39, 0.29) is 17.4 Å². The molecule has 1 amide bonds. The highest BCUT2D eigenvalue weighted by Gasteiger charge is 2.36. The summed E-state index contributed by atoms with van der Waals surface area (Å²) in [5, 5.41) is 6.66. The summed E-state index contributed by atoms with van der Waals surface area (Å²) in [7, 11) is 0. The molecule has 1 saturated carbocycles. The molecule has 3 nitrogen and oxygen atoms in total. The van der Waals surface area contributed by atoms with Gasteiger partial charge in [0.05, 0.1) is 0 Å². The van der Waals surface area contributed by atoms with E-state index in [0.717, 1.165) is 31.5 Å². The third kappa shape index (κ3) is 3.85. The molecular weight excluding hydrogens is 260 g/mol. The van der Waals surface area contributed by atoms with Crippen molar-refractivity contribution in [1.82, 2.24) is 5.32 Å². The first-order chi connectivity index (χ1) is 10.1. The Kier molecular flexibility index (Phi) is 5.40. The summed E-state index contributed by atoms with van der Waals surface area (Å²) in [6.07, 6.45) is 5.45. The van der Waals surface area contributed by atoms with E-state index in [1.807, 2.05) is 18.2 Å². The Hall–Kier alpha value is -1.35. The second kappa shape index (κ2) is 7.08. The predicted octanol–water partition coefficient (Wildman–Crippen LogP) is 4.27. The number of hydrogen-bond donors (Lipinski definition) is 2. The second-order valence-corrected chi connectivity index (χ2v) is 6.48. The number of benzene rings is 1. The van der Waals surface area contributed by atoms with Gasteiger partial charge < -0.3 is 10.6 Å². The summed E-state index contributed by atoms with van der Waals surface area (Å²) in [5.74, 6) is 0.176. The zero-order chi connectivity index (χ0) is 15.3. The third-order valence-corrected chi connectivity index (χ3v) is 4.63. The van der Waals surface area contributed by atoms with Crippen molar-refractivity contribution < 1.29 is 4.79 Å². The minimum atomic E-state index is -0.187. The summed E-state index contributed by atoms with van der Waals surface area (Å²) < 4.78 is 0. The number of rotatable bonds is 6. The van der Waals surface area contributed by atoms with Gasteiger partial charge in [0, 0.05) is 17.1 Å². The lowest BCUT2D eigenvalue weighted by molar-refractivity contribution is -0.124. The highest BCUT2D eigenvalue weighted by atomic mass is 16.2. The van der Waals surface area contributed by atoms with Crippen LogP contribution in [0.2, 0.25) is 0 Å². The number of anilines is 1. The minimum Gasteiger partial charge on any atom is -0.325 e. The van der Waals surface area contributed by atoms with Crippen LogP contribution in [0, 0.1) is 5.41 Å². The molecule has 0 aliphatic heterocycles. The lowest BCUT2D eigenvalue weighted by Gasteiger charge is -2.24. The fourth-order valence-corrected chi connectivity index (χ4v) is 3.11. The van der Waals surface area contributed by atoms with E-state index in [4.69, 9.17) is 0 Å². The maximum atomic E-state index is 12.6. The number of hydrogen-bond acceptors (Lipinski definition) is 2. The van der Waals surface area contributed by atoms with Gasteiger partial charge in [-0.3, -0.25) is 4.79 Å². The first kappa shape index (κ1) is 16.0. The van der Waals surface area contributed by atoms with Gasteiger partial charge in [-0.1, -0.05) is 44.9 Å². The molecule has 0 radical (unpaired) electrons. The Morgan fingerprint density at radius 2 is 1.95 bits per heavy atom. The zero-order valence-electron chi connectivity index (χ0n) is 13.5. The Bertz CT molecular complexity index is 478. The smallest absolute Gasteiger partial charge is 0.230 e. The minimum absolute atomic E-state index is 0.176. The SMILES string of the molecule is CCCNC(C)c1ccccc1NC(=O)C1(C)CCCC1. The predicted molar refractivity (Wildman–Crippen MR) is 88.4 cm³/mol. The van der Waals surface area contributed by atoms with E-state index in [1.165, 1.54) is 18.4 Å². The van der Waals surface area contributed by atoms with Crippen molar-refractivity contribution in [2.45, 2.75) is 58.9 Å². The lowest BCUT2D eigenvalue weighted by atomic mass is 9.87. The average molecular weight is 288 g/mol. The first-order valence-electron chi connectivity index (χ1n) is 8.20. The van der Waals surface area contributed by atoms with Crippen LogP contribution in [0.15, 0.2) is 24.3 Å². The first-order valence-corrected chi connectivity index (χ1v) is 8.20. The molecule has 0 spiro atoms. The van der Waals surface area contributed by atoms with Crippen molar-refractivity contribution in [3.05, 3.63) is 29.8 Å². The molecular formula is C18H28N2O. The largest absolute Gasteiger partial charge is 0.325 e. The molecule has 1 atom stereocenters. The molecule has 3 heteroatoms. The van der Waals surface area contributed by atoms with E-state index in [9.17, 15) is 4.79 Å². The van der Waals surface area contributed by atoms with Crippen molar-refractivity contribution in [3.8, 4) is 0 Å². The van der Waals surface area contributed by atoms with Crippen LogP contribution in [-0.4, -0.2) is 12.5 Å². The summed E-state index contributed by atoms with van der Waals surface area (Å²) in [4.78, 5) is 12.6. The molecule has 21 heavy (non-hydrogen) atoms. The zero-order valence-corrected chi connectivity index (χ0v) is 13.5. The van der Waals surface area contributed by atoms with E-state index in [0.29, 0.717) is 0 Å². The highest BCUT2D eigenvalue weighted by Crippen LogP contribution is 2.38. The Balaban J connectivity index is 2.11. The van der Waals surface area contributed by atoms with Crippen LogP contribution in [0.4, 0.5) is 5.69 Å². The van der Waals surface area contributed by atoms with Crippen molar-refractivity contribution >= 4 is 11.6 Å². The fraction of sp³-hybridized carbons (Fsp3) is 0.611. The number of amides is 1. The molecule has 0 aromatic heterocycles. The van der Waals surface area contributed by atoms with Crippen molar-refractivity contribution in [1.29, 1.82) is 0 Å². The fourth-order valence-electron chi connectivity index (χ4n) is 3.11. The van der Waals surface area contributed by atoms with E-state index < -0.39 is 0 Å². The highest BCUT2D eigenvalue weighted by molar-refractivity contribution is 5.95. The number of nitrogens with one attached hydrogen (secondary N) is 2. The molecule has 0 bridgehead atoms. The summed E-state index contributed by atoms with van der Waals surface area (Å²) in [6.45, 7) is 7.39. The monoisotopic (exact) mass is 288 g/mol. The Labute approximate surface area is 128 Å². The van der Waals surface area contributed by atoms with Crippen LogP contribution in [0.1, 0.15) is 64.5 Å².